The van der Waals surface area contributed by atoms with E-state index in [1.54, 1.807) is 45.5 Å². The molecule has 1 aliphatic rings. The van der Waals surface area contributed by atoms with Gasteiger partial charge in [-0.15, -0.1) is 0 Å². The van der Waals surface area contributed by atoms with Crippen LogP contribution >= 0.6 is 11.6 Å². The third kappa shape index (κ3) is 3.23. The molecular formula is C21H24ClN3O3. The Morgan fingerprint density at radius 2 is 1.96 bits per heavy atom. The summed E-state index contributed by atoms with van der Waals surface area (Å²) >= 11 is 6.27. The summed E-state index contributed by atoms with van der Waals surface area (Å²) in [6.07, 6.45) is 0.511. The van der Waals surface area contributed by atoms with E-state index in [0.717, 1.165) is 0 Å². The fourth-order valence-electron chi connectivity index (χ4n) is 3.63. The highest BCUT2D eigenvalue weighted by atomic mass is 35.5. The van der Waals surface area contributed by atoms with Crippen LogP contribution in [0.2, 0.25) is 5.02 Å². The Kier molecular flexibility index (Phi) is 5.63. The number of nitrogens with one attached hydrogen (secondary N) is 2. The molecule has 28 heavy (non-hydrogen) atoms. The largest absolute Gasteiger partial charge is 0.496 e. The Bertz CT molecular complexity index is 916. The summed E-state index contributed by atoms with van der Waals surface area (Å²) in [5, 5.41) is 6.77. The molecule has 0 saturated heterocycles. The van der Waals surface area contributed by atoms with E-state index in [4.69, 9.17) is 16.3 Å². The molecule has 1 heterocycles. The Balaban J connectivity index is 2.26. The molecule has 0 radical (unpaired) electrons. The van der Waals surface area contributed by atoms with Crippen molar-refractivity contribution in [2.24, 2.45) is 0 Å². The Morgan fingerprint density at radius 1 is 1.25 bits per heavy atom. The maximum Gasteiger partial charge on any atom is 0.254 e. The van der Waals surface area contributed by atoms with Crippen LogP contribution in [0.5, 0.6) is 5.75 Å². The molecular weight excluding hydrogens is 378 g/mol. The number of halogens is 1. The molecule has 0 bridgehead atoms. The third-order valence-electron chi connectivity index (χ3n) is 5.02. The lowest BCUT2D eigenvalue weighted by Gasteiger charge is -2.35. The summed E-state index contributed by atoms with van der Waals surface area (Å²) in [6.45, 7) is 1.90. The number of carbonyl (C=O) groups excluding carboxylic acids is 2. The molecule has 0 fully saturated rings. The minimum absolute atomic E-state index is 0.111. The van der Waals surface area contributed by atoms with Crippen molar-refractivity contribution in [3.05, 3.63) is 58.6 Å². The van der Waals surface area contributed by atoms with Crippen molar-refractivity contribution in [1.29, 1.82) is 0 Å². The van der Waals surface area contributed by atoms with Crippen LogP contribution in [-0.2, 0) is 15.1 Å². The van der Waals surface area contributed by atoms with E-state index < -0.39 is 11.6 Å². The number of amides is 2. The maximum absolute atomic E-state index is 13.4. The number of benzene rings is 2. The minimum Gasteiger partial charge on any atom is -0.496 e. The van der Waals surface area contributed by atoms with Crippen LogP contribution in [0.3, 0.4) is 0 Å². The lowest BCUT2D eigenvalue weighted by Crippen LogP contribution is -2.57. The first-order valence-corrected chi connectivity index (χ1v) is 9.46. The van der Waals surface area contributed by atoms with Crippen LogP contribution in [0, 0.1) is 0 Å². The predicted molar refractivity (Wildman–Crippen MR) is 110 cm³/mol. The Hall–Kier alpha value is -2.57. The number of fused-ring (bicyclic) bond motifs is 1. The van der Waals surface area contributed by atoms with Crippen LogP contribution < -0.4 is 15.4 Å². The van der Waals surface area contributed by atoms with Gasteiger partial charge in [-0.3, -0.25) is 14.9 Å². The summed E-state index contributed by atoms with van der Waals surface area (Å²) in [5.74, 6) is 0.157. The number of carbonyl (C=O) groups is 2. The number of rotatable bonds is 6. The van der Waals surface area contributed by atoms with Crippen molar-refractivity contribution in [2.75, 3.05) is 26.5 Å². The normalized spacial score (nSPS) is 19.0. The topological polar surface area (TPSA) is 70.7 Å². The summed E-state index contributed by atoms with van der Waals surface area (Å²) in [6, 6.07) is 12.0. The number of para-hydroxylation sites is 1. The van der Waals surface area contributed by atoms with Crippen molar-refractivity contribution >= 4 is 29.1 Å². The second-order valence-electron chi connectivity index (χ2n) is 6.93. The summed E-state index contributed by atoms with van der Waals surface area (Å²) < 4.78 is 5.55. The van der Waals surface area contributed by atoms with Gasteiger partial charge in [-0.2, -0.15) is 0 Å². The van der Waals surface area contributed by atoms with Crippen molar-refractivity contribution in [1.82, 2.24) is 10.2 Å². The van der Waals surface area contributed by atoms with E-state index in [0.29, 0.717) is 34.0 Å². The molecule has 6 nitrogen and oxygen atoms in total. The number of likely N-dealkylation sites (N-methyl/N-ethyl adjacent to an activating group) is 1. The predicted octanol–water partition coefficient (Wildman–Crippen LogP) is 3.00. The molecule has 1 aliphatic heterocycles. The van der Waals surface area contributed by atoms with E-state index in [-0.39, 0.29) is 11.8 Å². The van der Waals surface area contributed by atoms with Gasteiger partial charge in [-0.05, 0) is 30.7 Å². The van der Waals surface area contributed by atoms with Gasteiger partial charge in [0.2, 0.25) is 5.91 Å². The molecule has 2 aromatic carbocycles. The Morgan fingerprint density at radius 3 is 2.61 bits per heavy atom. The zero-order chi connectivity index (χ0) is 20.5. The minimum atomic E-state index is -1.31. The van der Waals surface area contributed by atoms with Gasteiger partial charge in [0, 0.05) is 35.9 Å². The monoisotopic (exact) mass is 401 g/mol. The first-order chi connectivity index (χ1) is 13.3. The standard InChI is InChI=1S/C21H24ClN3O3/c1-5-16(19(26)25(2)3)24-21(14-8-6-7-9-18(14)28-4)15-12-13(22)10-11-17(15)23-20(21)27/h6-12,16,24H,5H2,1-4H3,(H,23,27)/t16-,21?/m0/s1. The molecule has 0 aliphatic carbocycles. The van der Waals surface area contributed by atoms with Gasteiger partial charge in [-0.1, -0.05) is 36.7 Å². The number of nitrogens with zero attached hydrogens (tertiary/aromatic N) is 1. The highest BCUT2D eigenvalue weighted by Gasteiger charge is 2.51. The fraction of sp³-hybridized carbons (Fsp3) is 0.333. The highest BCUT2D eigenvalue weighted by molar-refractivity contribution is 6.31. The lowest BCUT2D eigenvalue weighted by molar-refractivity contribution is -0.132. The van der Waals surface area contributed by atoms with Gasteiger partial charge >= 0.3 is 0 Å². The quantitative estimate of drug-likeness (QED) is 0.780. The summed E-state index contributed by atoms with van der Waals surface area (Å²) in [5.41, 5.74) is 0.639. The molecule has 2 aromatic rings. The SMILES string of the molecule is CC[C@H](NC1(c2ccccc2OC)C(=O)Nc2ccc(Cl)cc21)C(=O)N(C)C. The second kappa shape index (κ2) is 7.81. The molecule has 2 amide bonds. The van der Waals surface area contributed by atoms with Gasteiger partial charge in [0.25, 0.3) is 5.91 Å². The second-order valence-corrected chi connectivity index (χ2v) is 7.37. The van der Waals surface area contributed by atoms with Crippen molar-refractivity contribution < 1.29 is 14.3 Å². The maximum atomic E-state index is 13.4. The van der Waals surface area contributed by atoms with E-state index >= 15 is 0 Å². The molecule has 2 atom stereocenters. The summed E-state index contributed by atoms with van der Waals surface area (Å²) in [4.78, 5) is 27.6. The van der Waals surface area contributed by atoms with E-state index in [2.05, 4.69) is 10.6 Å². The molecule has 0 aromatic heterocycles. The van der Waals surface area contributed by atoms with E-state index in [9.17, 15) is 9.59 Å². The van der Waals surface area contributed by atoms with Crippen LogP contribution in [0.4, 0.5) is 5.69 Å². The van der Waals surface area contributed by atoms with Crippen LogP contribution in [0.25, 0.3) is 0 Å². The van der Waals surface area contributed by atoms with Crippen LogP contribution in [0.1, 0.15) is 24.5 Å². The zero-order valence-corrected chi connectivity index (χ0v) is 17.1. The lowest BCUT2D eigenvalue weighted by atomic mass is 9.82. The van der Waals surface area contributed by atoms with Gasteiger partial charge < -0.3 is 15.0 Å². The smallest absolute Gasteiger partial charge is 0.254 e. The van der Waals surface area contributed by atoms with Gasteiger partial charge in [0.15, 0.2) is 5.54 Å². The number of ether oxygens (including phenoxy) is 1. The average molecular weight is 402 g/mol. The van der Waals surface area contributed by atoms with Gasteiger partial charge in [-0.25, -0.2) is 0 Å². The molecule has 148 valence electrons. The average Bonchev–Trinajstić information content (AvgIpc) is 2.96. The molecule has 3 rings (SSSR count). The van der Waals surface area contributed by atoms with Crippen molar-refractivity contribution in [2.45, 2.75) is 24.9 Å². The fourth-order valence-corrected chi connectivity index (χ4v) is 3.80. The molecule has 0 saturated carbocycles. The molecule has 0 spiro atoms. The van der Waals surface area contributed by atoms with Crippen molar-refractivity contribution in [3.8, 4) is 5.75 Å². The van der Waals surface area contributed by atoms with E-state index in [1.807, 2.05) is 25.1 Å². The van der Waals surface area contributed by atoms with Gasteiger partial charge in [0.05, 0.1) is 13.2 Å². The van der Waals surface area contributed by atoms with Gasteiger partial charge in [0.1, 0.15) is 5.75 Å². The first-order valence-electron chi connectivity index (χ1n) is 9.09. The third-order valence-corrected chi connectivity index (χ3v) is 5.26. The van der Waals surface area contributed by atoms with E-state index in [1.165, 1.54) is 4.90 Å². The summed E-state index contributed by atoms with van der Waals surface area (Å²) in [7, 11) is 4.95. The number of methoxy groups -OCH3 is 1. The number of hydrogen-bond acceptors (Lipinski definition) is 4. The molecule has 1 unspecified atom stereocenters. The highest BCUT2D eigenvalue weighted by Crippen LogP contribution is 2.45. The van der Waals surface area contributed by atoms with Crippen molar-refractivity contribution in [3.63, 3.8) is 0 Å². The molecule has 2 N–H and O–H groups in total. The van der Waals surface area contributed by atoms with Crippen LogP contribution in [-0.4, -0.2) is 44.0 Å². The first kappa shape index (κ1) is 20.2. The number of anilines is 1. The Labute approximate surface area is 169 Å². The molecule has 7 heteroatoms. The van der Waals surface area contributed by atoms with Crippen LogP contribution in [0.15, 0.2) is 42.5 Å². The number of hydrogen-bond donors (Lipinski definition) is 2. The zero-order valence-electron chi connectivity index (χ0n) is 16.4.